The van der Waals surface area contributed by atoms with Crippen LogP contribution in [-0.4, -0.2) is 188 Å². The van der Waals surface area contributed by atoms with Gasteiger partial charge >= 0.3 is 36.7 Å². The van der Waals surface area contributed by atoms with Gasteiger partial charge in [-0.1, -0.05) is 48.0 Å². The molecule has 6 N–H and O–H groups in total. The van der Waals surface area contributed by atoms with E-state index in [0.717, 1.165) is 68.3 Å². The molecule has 0 aromatic heterocycles. The Labute approximate surface area is 534 Å². The number of hydrogen-bond donors (Lipinski definition) is 5. The van der Waals surface area contributed by atoms with E-state index < -0.39 is 99.5 Å². The van der Waals surface area contributed by atoms with Gasteiger partial charge < -0.3 is 59.6 Å². The van der Waals surface area contributed by atoms with E-state index >= 15 is 0 Å². The molecule has 5 fully saturated rings. The number of carbonyl (C=O) groups is 6. The molecule has 7 aliphatic heterocycles. The van der Waals surface area contributed by atoms with E-state index in [-0.39, 0.29) is 73.5 Å². The number of rotatable bonds is 10. The number of piperidine rings is 4. The molecule has 492 valence electrons. The van der Waals surface area contributed by atoms with Crippen LogP contribution in [0.3, 0.4) is 0 Å². The number of ether oxygens (including phenoxy) is 4. The number of aromatic hydroxyl groups is 1. The van der Waals surface area contributed by atoms with Gasteiger partial charge in [-0.25, -0.2) is 19.2 Å². The van der Waals surface area contributed by atoms with E-state index in [4.69, 9.17) is 36.3 Å². The first-order valence-electron chi connectivity index (χ1n) is 30.2. The van der Waals surface area contributed by atoms with Crippen LogP contribution < -0.4 is 21.7 Å². The lowest BCUT2D eigenvalue weighted by Crippen LogP contribution is -2.54. The summed E-state index contributed by atoms with van der Waals surface area (Å²) in [6.07, 6.45) is -11.7. The number of carbonyl (C=O) groups excluding carboxylic acids is 6. The molecule has 0 unspecified atom stereocenters. The Morgan fingerprint density at radius 1 is 0.659 bits per heavy atom. The van der Waals surface area contributed by atoms with E-state index in [1.54, 1.807) is 28.0 Å². The van der Waals surface area contributed by atoms with Gasteiger partial charge in [-0.3, -0.25) is 25.1 Å². The van der Waals surface area contributed by atoms with Crippen molar-refractivity contribution in [3.8, 4) is 5.75 Å². The fourth-order valence-electron chi connectivity index (χ4n) is 13.3. The second-order valence-corrected chi connectivity index (χ2v) is 25.4. The molecule has 91 heavy (non-hydrogen) atoms. The predicted octanol–water partition coefficient (Wildman–Crippen LogP) is 9.77. The molecule has 4 aromatic carbocycles. The van der Waals surface area contributed by atoms with Gasteiger partial charge in [0.25, 0.3) is 11.8 Å². The van der Waals surface area contributed by atoms with Crippen LogP contribution in [0.15, 0.2) is 77.3 Å². The average molecular weight is 1360 g/mol. The lowest BCUT2D eigenvalue weighted by Gasteiger charge is -2.44. The minimum atomic E-state index is -4.90. The monoisotopic (exact) mass is 1360 g/mol. The molecule has 4 aromatic rings. The maximum absolute atomic E-state index is 13.9. The molecule has 21 nitrogen and oxygen atoms in total. The molecule has 2 atom stereocenters. The number of anilines is 3. The molecule has 0 saturated carbocycles. The van der Waals surface area contributed by atoms with Crippen molar-refractivity contribution in [3.05, 3.63) is 116 Å². The SMILES string of the molecule is CN(C)C1CCN(C(=O)[C@@H](Cc2cc(Br)c(N)c(C(F)(F)F)c2)OC(=O)N2CCC3(CC2)OC(=O)Nc2ccccc23)CC1.O=C1Nc2ccccc2C2(CCN(C(=O)O[C@H](Cc3cc(Cl)c(O)c(C(F)(F)F)c3)C(=O)N3CCC(N4CCNCC4)CC3)CC2)O1. The van der Waals surface area contributed by atoms with Crippen LogP contribution >= 0.6 is 27.5 Å². The summed E-state index contributed by atoms with van der Waals surface area (Å²) in [5.41, 5.74) is 4.03. The zero-order chi connectivity index (χ0) is 65.2. The standard InChI is InChI=1S/C32H37ClF3N5O6.C30H35BrF3N5O5/c33-24-18-20(17-23(27(24)42)32(34,35)36)19-26(28(43)40-11-5-21(6-12-40)39-15-9-37-10-16-39)46-30(45)41-13-7-31(8-14-41)22-3-1-2-4-25(22)38-29(44)47-31;1-37(2)19-7-11-38(12-8-19)26(40)24(17-18-15-21(30(32,33)34)25(35)22(31)16-18)43-28(42)39-13-9-29(10-14-39)20-5-3-4-6-23(20)36-27(41)44-29/h1-4,17-18,21,26,37,42H,5-16,19H2,(H,38,44);3-6,15-16,19,24H,7-14,17,35H2,1-2H3,(H,36,41)/t26-;24-/m11/s1. The summed E-state index contributed by atoms with van der Waals surface area (Å²) >= 11 is 9.06. The molecular formula is C62H72BrClF6N10O11. The fraction of sp³-hybridized carbons (Fsp3) is 0.516. The Kier molecular flexibility index (Phi) is 20.1. The number of halogens is 8. The third kappa shape index (κ3) is 15.1. The fourth-order valence-corrected chi connectivity index (χ4v) is 14.0. The van der Waals surface area contributed by atoms with Crippen molar-refractivity contribution in [2.75, 3.05) is 109 Å². The summed E-state index contributed by atoms with van der Waals surface area (Å²) in [5, 5.41) is 18.2. The number of benzene rings is 4. The Morgan fingerprint density at radius 3 is 1.54 bits per heavy atom. The number of nitrogens with zero attached hydrogens (tertiary/aromatic N) is 6. The highest BCUT2D eigenvalue weighted by Gasteiger charge is 2.48. The normalized spacial score (nSPS) is 20.2. The van der Waals surface area contributed by atoms with Crippen LogP contribution in [0.2, 0.25) is 5.02 Å². The quantitative estimate of drug-likeness (QED) is 0.0564. The van der Waals surface area contributed by atoms with E-state index in [1.165, 1.54) is 15.9 Å². The average Bonchev–Trinajstić information content (AvgIpc) is 0.841. The summed E-state index contributed by atoms with van der Waals surface area (Å²) in [4.78, 5) is 89.7. The van der Waals surface area contributed by atoms with Crippen LogP contribution in [-0.2, 0) is 64.9 Å². The van der Waals surface area contributed by atoms with E-state index in [1.807, 2.05) is 44.4 Å². The molecule has 11 rings (SSSR count). The number of phenolic OH excluding ortho intramolecular Hbond substituents is 1. The number of nitrogen functional groups attached to an aromatic ring is 1. The number of hydrogen-bond acceptors (Lipinski definition) is 15. The van der Waals surface area contributed by atoms with E-state index in [2.05, 4.69) is 41.7 Å². The molecule has 0 bridgehead atoms. The van der Waals surface area contributed by atoms with Crippen LogP contribution in [0.25, 0.3) is 0 Å². The molecule has 29 heteroatoms. The maximum Gasteiger partial charge on any atom is 0.420 e. The summed E-state index contributed by atoms with van der Waals surface area (Å²) in [6.45, 7) is 5.99. The Morgan fingerprint density at radius 2 is 1.09 bits per heavy atom. The van der Waals surface area contributed by atoms with Gasteiger partial charge in [-0.2, -0.15) is 26.3 Å². The highest BCUT2D eigenvalue weighted by molar-refractivity contribution is 9.10. The number of nitrogens with one attached hydrogen (secondary N) is 3. The lowest BCUT2D eigenvalue weighted by atomic mass is 9.82. The molecular weight excluding hydrogens is 1290 g/mol. The van der Waals surface area contributed by atoms with Crippen LogP contribution in [0, 0.1) is 0 Å². The number of fused-ring (bicyclic) bond motifs is 4. The number of likely N-dealkylation sites (tertiary alicyclic amines) is 4. The van der Waals surface area contributed by atoms with Gasteiger partial charge in [-0.15, -0.1) is 0 Å². The summed E-state index contributed by atoms with van der Waals surface area (Å²) in [7, 11) is 3.94. The number of para-hydroxylation sites is 2. The van der Waals surface area contributed by atoms with Crippen LogP contribution in [0.4, 0.5) is 62.6 Å². The van der Waals surface area contributed by atoms with Gasteiger partial charge in [0.1, 0.15) is 17.0 Å². The second kappa shape index (κ2) is 27.5. The van der Waals surface area contributed by atoms with Crippen molar-refractivity contribution in [3.63, 3.8) is 0 Å². The third-order valence-electron chi connectivity index (χ3n) is 18.3. The van der Waals surface area contributed by atoms with Crippen LogP contribution in [0.5, 0.6) is 5.75 Å². The molecule has 0 radical (unpaired) electrons. The first-order chi connectivity index (χ1) is 43.2. The van der Waals surface area contributed by atoms with E-state index in [9.17, 15) is 60.2 Å². The number of amides is 6. The van der Waals surface area contributed by atoms with Gasteiger partial charge in [0.15, 0.2) is 12.2 Å². The highest BCUT2D eigenvalue weighted by Crippen LogP contribution is 2.46. The Bertz CT molecular complexity index is 3360. The summed E-state index contributed by atoms with van der Waals surface area (Å²) < 4.78 is 105. The molecule has 7 aliphatic rings. The van der Waals surface area contributed by atoms with Gasteiger partial charge in [0, 0.05) is 145 Å². The van der Waals surface area contributed by atoms with Crippen molar-refractivity contribution in [2.24, 2.45) is 0 Å². The summed E-state index contributed by atoms with van der Waals surface area (Å²) in [6, 6.07) is 19.3. The Hall–Kier alpha value is -7.27. The summed E-state index contributed by atoms with van der Waals surface area (Å²) in [5.74, 6) is -2.09. The minimum Gasteiger partial charge on any atom is -0.506 e. The largest absolute Gasteiger partial charge is 0.506 e. The highest BCUT2D eigenvalue weighted by atomic mass is 79.9. The molecule has 0 aliphatic carbocycles. The van der Waals surface area contributed by atoms with Gasteiger partial charge in [0.05, 0.1) is 33.2 Å². The molecule has 5 saturated heterocycles. The van der Waals surface area contributed by atoms with Crippen molar-refractivity contribution >= 4 is 80.8 Å². The third-order valence-corrected chi connectivity index (χ3v) is 19.2. The number of phenols is 1. The maximum atomic E-state index is 13.9. The van der Waals surface area contributed by atoms with Gasteiger partial charge in [0.2, 0.25) is 0 Å². The predicted molar refractivity (Wildman–Crippen MR) is 325 cm³/mol. The van der Waals surface area contributed by atoms with Crippen molar-refractivity contribution in [2.45, 2.75) is 112 Å². The zero-order valence-corrected chi connectivity index (χ0v) is 52.4. The minimum absolute atomic E-state index is 0.0159. The lowest BCUT2D eigenvalue weighted by molar-refractivity contribution is -0.143. The zero-order valence-electron chi connectivity index (χ0n) is 50.1. The second-order valence-electron chi connectivity index (χ2n) is 24.1. The van der Waals surface area contributed by atoms with Crippen molar-refractivity contribution < 1.29 is 79.2 Å². The molecule has 2 spiro atoms. The number of piperazine rings is 1. The van der Waals surface area contributed by atoms with Crippen molar-refractivity contribution in [1.82, 2.24) is 34.7 Å². The molecule has 6 amide bonds. The smallest absolute Gasteiger partial charge is 0.420 e. The topological polar surface area (TPSA) is 241 Å². The van der Waals surface area contributed by atoms with Gasteiger partial charge in [-0.05, 0) is 103 Å². The van der Waals surface area contributed by atoms with Crippen LogP contribution in [0.1, 0.15) is 84.7 Å². The number of alkyl halides is 6. The Balaban J connectivity index is 0.000000200. The first kappa shape index (κ1) is 66.6. The first-order valence-corrected chi connectivity index (χ1v) is 31.4. The number of nitrogens with two attached hydrogens (primary N) is 1. The van der Waals surface area contributed by atoms with E-state index in [0.29, 0.717) is 69.3 Å². The van der Waals surface area contributed by atoms with Crippen molar-refractivity contribution in [1.29, 1.82) is 0 Å². The molecule has 7 heterocycles.